The summed E-state index contributed by atoms with van der Waals surface area (Å²) in [4.78, 5) is 24.8. The first kappa shape index (κ1) is 14.1. The van der Waals surface area contributed by atoms with Gasteiger partial charge in [0.15, 0.2) is 0 Å². The Labute approximate surface area is 124 Å². The van der Waals surface area contributed by atoms with Crippen LogP contribution in [0.25, 0.3) is 0 Å². The van der Waals surface area contributed by atoms with Crippen LogP contribution >= 0.6 is 0 Å². The molecule has 0 aromatic heterocycles. The average Bonchev–Trinajstić information content (AvgIpc) is 2.52. The molecule has 2 fully saturated rings. The first-order valence-corrected chi connectivity index (χ1v) is 7.59. The van der Waals surface area contributed by atoms with E-state index in [1.54, 1.807) is 4.90 Å². The van der Waals surface area contributed by atoms with Crippen LogP contribution in [-0.2, 0) is 16.0 Å². The number of amides is 2. The van der Waals surface area contributed by atoms with Gasteiger partial charge in [0.25, 0.3) is 0 Å². The van der Waals surface area contributed by atoms with Crippen LogP contribution < -0.4 is 15.5 Å². The quantitative estimate of drug-likeness (QED) is 0.860. The lowest BCUT2D eigenvalue weighted by Gasteiger charge is -2.27. The number of nitrogens with one attached hydrogen (secondary N) is 2. The first-order chi connectivity index (χ1) is 10.2. The van der Waals surface area contributed by atoms with Gasteiger partial charge in [0, 0.05) is 5.69 Å². The molecular formula is C16H21N3O2. The Morgan fingerprint density at radius 1 is 1.19 bits per heavy atom. The fourth-order valence-electron chi connectivity index (χ4n) is 3.04. The summed E-state index contributed by atoms with van der Waals surface area (Å²) in [5.41, 5.74) is 2.10. The number of anilines is 1. The lowest BCUT2D eigenvalue weighted by atomic mass is 9.92. The molecule has 1 unspecified atom stereocenters. The average molecular weight is 287 g/mol. The molecular weight excluding hydrogens is 266 g/mol. The summed E-state index contributed by atoms with van der Waals surface area (Å²) in [6.07, 6.45) is 3.60. The number of rotatable bonds is 3. The second-order valence-electron chi connectivity index (χ2n) is 5.84. The summed E-state index contributed by atoms with van der Waals surface area (Å²) < 4.78 is 0. The van der Waals surface area contributed by atoms with Crippen molar-refractivity contribution in [2.24, 2.45) is 5.92 Å². The van der Waals surface area contributed by atoms with Crippen LogP contribution in [0.1, 0.15) is 18.4 Å². The lowest BCUT2D eigenvalue weighted by molar-refractivity contribution is -0.128. The highest BCUT2D eigenvalue weighted by Gasteiger charge is 2.24. The van der Waals surface area contributed by atoms with E-state index in [1.165, 1.54) is 18.4 Å². The highest BCUT2D eigenvalue weighted by molar-refractivity contribution is 6.04. The van der Waals surface area contributed by atoms with Crippen LogP contribution in [0.4, 0.5) is 5.69 Å². The Morgan fingerprint density at radius 2 is 2.00 bits per heavy atom. The minimum atomic E-state index is -0.105. The molecule has 1 atom stereocenters. The summed E-state index contributed by atoms with van der Waals surface area (Å²) >= 11 is 0. The molecule has 1 aromatic carbocycles. The van der Waals surface area contributed by atoms with Crippen molar-refractivity contribution in [3.63, 3.8) is 0 Å². The molecule has 2 amide bonds. The van der Waals surface area contributed by atoms with E-state index in [1.807, 2.05) is 12.1 Å². The number of hydrogen-bond donors (Lipinski definition) is 2. The molecule has 0 bridgehead atoms. The number of nitrogens with zero attached hydrogens (tertiary/aromatic N) is 1. The van der Waals surface area contributed by atoms with E-state index >= 15 is 0 Å². The zero-order chi connectivity index (χ0) is 14.7. The third kappa shape index (κ3) is 3.42. The predicted molar refractivity (Wildman–Crippen MR) is 81.1 cm³/mol. The van der Waals surface area contributed by atoms with Crippen LogP contribution in [-0.4, -0.2) is 38.0 Å². The number of benzene rings is 1. The Hall–Kier alpha value is -1.88. The van der Waals surface area contributed by atoms with Gasteiger partial charge in [-0.15, -0.1) is 0 Å². The van der Waals surface area contributed by atoms with Crippen molar-refractivity contribution in [1.82, 2.24) is 10.6 Å². The molecule has 0 aliphatic carbocycles. The molecule has 0 saturated carbocycles. The maximum absolute atomic E-state index is 11.8. The fourth-order valence-corrected chi connectivity index (χ4v) is 3.04. The maximum atomic E-state index is 11.8. The topological polar surface area (TPSA) is 61.4 Å². The van der Waals surface area contributed by atoms with Gasteiger partial charge < -0.3 is 15.5 Å². The van der Waals surface area contributed by atoms with Crippen molar-refractivity contribution >= 4 is 17.5 Å². The summed E-state index contributed by atoms with van der Waals surface area (Å²) in [7, 11) is 0. The third-order valence-electron chi connectivity index (χ3n) is 4.21. The number of piperazine rings is 1. The Morgan fingerprint density at radius 3 is 2.71 bits per heavy atom. The van der Waals surface area contributed by atoms with Crippen LogP contribution in [0.15, 0.2) is 24.3 Å². The predicted octanol–water partition coefficient (Wildman–Crippen LogP) is 0.691. The number of carbonyl (C=O) groups is 2. The molecule has 2 saturated heterocycles. The molecule has 3 rings (SSSR count). The standard InChI is InChI=1S/C16H21N3O2/c20-15-11-19(16(21)10-18-15)14-5-3-12(4-6-14)8-13-2-1-7-17-9-13/h3-6,13,17H,1-2,7-11H2,(H,18,20). The zero-order valence-corrected chi connectivity index (χ0v) is 12.1. The van der Waals surface area contributed by atoms with E-state index in [0.717, 1.165) is 25.2 Å². The minimum Gasteiger partial charge on any atom is -0.345 e. The van der Waals surface area contributed by atoms with E-state index in [-0.39, 0.29) is 24.9 Å². The molecule has 2 aliphatic rings. The van der Waals surface area contributed by atoms with Gasteiger partial charge in [-0.2, -0.15) is 0 Å². The van der Waals surface area contributed by atoms with Gasteiger partial charge in [0.05, 0.1) is 6.54 Å². The van der Waals surface area contributed by atoms with Gasteiger partial charge in [0.2, 0.25) is 11.8 Å². The summed E-state index contributed by atoms with van der Waals surface area (Å²) in [5, 5.41) is 5.99. The van der Waals surface area contributed by atoms with E-state index in [4.69, 9.17) is 0 Å². The van der Waals surface area contributed by atoms with E-state index in [9.17, 15) is 9.59 Å². The van der Waals surface area contributed by atoms with Crippen LogP contribution in [0.2, 0.25) is 0 Å². The van der Waals surface area contributed by atoms with E-state index in [0.29, 0.717) is 5.92 Å². The van der Waals surface area contributed by atoms with Crippen molar-refractivity contribution < 1.29 is 9.59 Å². The molecule has 5 nitrogen and oxygen atoms in total. The Bertz CT molecular complexity index is 521. The van der Waals surface area contributed by atoms with E-state index in [2.05, 4.69) is 22.8 Å². The van der Waals surface area contributed by atoms with Crippen molar-refractivity contribution in [2.75, 3.05) is 31.1 Å². The van der Waals surface area contributed by atoms with Gasteiger partial charge in [-0.3, -0.25) is 9.59 Å². The van der Waals surface area contributed by atoms with Gasteiger partial charge in [0.1, 0.15) is 6.54 Å². The summed E-state index contributed by atoms with van der Waals surface area (Å²) in [5.74, 6) is 0.540. The molecule has 0 spiro atoms. The van der Waals surface area contributed by atoms with Crippen molar-refractivity contribution in [2.45, 2.75) is 19.3 Å². The van der Waals surface area contributed by atoms with Crippen molar-refractivity contribution in [3.05, 3.63) is 29.8 Å². The minimum absolute atomic E-state index is 0.0566. The number of piperidine rings is 1. The Balaban J connectivity index is 1.65. The maximum Gasteiger partial charge on any atom is 0.246 e. The molecule has 21 heavy (non-hydrogen) atoms. The van der Waals surface area contributed by atoms with E-state index < -0.39 is 0 Å². The highest BCUT2D eigenvalue weighted by atomic mass is 16.2. The van der Waals surface area contributed by atoms with Crippen LogP contribution in [0.5, 0.6) is 0 Å². The second-order valence-corrected chi connectivity index (χ2v) is 5.84. The molecule has 5 heteroatoms. The van der Waals surface area contributed by atoms with Crippen molar-refractivity contribution in [1.29, 1.82) is 0 Å². The smallest absolute Gasteiger partial charge is 0.246 e. The largest absolute Gasteiger partial charge is 0.345 e. The van der Waals surface area contributed by atoms with Gasteiger partial charge >= 0.3 is 0 Å². The van der Waals surface area contributed by atoms with Gasteiger partial charge in [-0.1, -0.05) is 12.1 Å². The molecule has 0 radical (unpaired) electrons. The summed E-state index contributed by atoms with van der Waals surface area (Å²) in [6.45, 7) is 2.43. The highest BCUT2D eigenvalue weighted by Crippen LogP contribution is 2.20. The van der Waals surface area contributed by atoms with Gasteiger partial charge in [-0.25, -0.2) is 0 Å². The monoisotopic (exact) mass is 287 g/mol. The fraction of sp³-hybridized carbons (Fsp3) is 0.500. The molecule has 2 N–H and O–H groups in total. The Kier molecular flexibility index (Phi) is 4.20. The lowest BCUT2D eigenvalue weighted by Crippen LogP contribution is -2.51. The first-order valence-electron chi connectivity index (χ1n) is 7.59. The molecule has 2 heterocycles. The van der Waals surface area contributed by atoms with Crippen LogP contribution in [0, 0.1) is 5.92 Å². The zero-order valence-electron chi connectivity index (χ0n) is 12.1. The summed E-state index contributed by atoms with van der Waals surface area (Å²) in [6, 6.07) is 8.04. The second kappa shape index (κ2) is 6.26. The molecule has 1 aromatic rings. The number of carbonyl (C=O) groups excluding carboxylic acids is 2. The van der Waals surface area contributed by atoms with Gasteiger partial charge in [-0.05, 0) is 56.0 Å². The molecule has 2 aliphatic heterocycles. The number of hydrogen-bond acceptors (Lipinski definition) is 3. The normalized spacial score (nSPS) is 23.0. The third-order valence-corrected chi connectivity index (χ3v) is 4.21. The van der Waals surface area contributed by atoms with Crippen LogP contribution in [0.3, 0.4) is 0 Å². The van der Waals surface area contributed by atoms with Crippen molar-refractivity contribution in [3.8, 4) is 0 Å². The molecule has 112 valence electrons. The SMILES string of the molecule is O=C1CN(c2ccc(CC3CCCNC3)cc2)C(=O)CN1.